The lowest BCUT2D eigenvalue weighted by Crippen LogP contribution is -2.40. The molecule has 0 saturated carbocycles. The molecule has 1 aromatic rings. The van der Waals surface area contributed by atoms with Crippen LogP contribution < -0.4 is 11.1 Å². The zero-order valence-corrected chi connectivity index (χ0v) is 9.74. The Hall–Kier alpha value is -1.46. The maximum absolute atomic E-state index is 12.8. The predicted octanol–water partition coefficient (Wildman–Crippen LogP) is 0.678. The molecule has 1 unspecified atom stereocenters. The summed E-state index contributed by atoms with van der Waals surface area (Å²) in [5.74, 6) is -1.26. The summed E-state index contributed by atoms with van der Waals surface area (Å²) >= 11 is 0. The Bertz CT molecular complexity index is 396. The van der Waals surface area contributed by atoms with Crippen molar-refractivity contribution in [1.82, 2.24) is 5.32 Å². The predicted molar refractivity (Wildman–Crippen MR) is 63.3 cm³/mol. The van der Waals surface area contributed by atoms with Crippen molar-refractivity contribution in [2.75, 3.05) is 13.1 Å². The molecule has 0 aromatic heterocycles. The van der Waals surface area contributed by atoms with Gasteiger partial charge in [0.25, 0.3) is 0 Å². The molecule has 0 saturated heterocycles. The quantitative estimate of drug-likeness (QED) is 0.639. The van der Waals surface area contributed by atoms with Crippen LogP contribution in [0.2, 0.25) is 0 Å². The van der Waals surface area contributed by atoms with Crippen LogP contribution in [0.5, 0.6) is 0 Å². The van der Waals surface area contributed by atoms with Gasteiger partial charge in [-0.3, -0.25) is 4.79 Å². The first-order valence-electron chi connectivity index (χ1n) is 5.45. The van der Waals surface area contributed by atoms with E-state index >= 15 is 0 Å². The van der Waals surface area contributed by atoms with Crippen molar-refractivity contribution >= 4 is 5.97 Å². The summed E-state index contributed by atoms with van der Waals surface area (Å²) in [6.45, 7) is 2.70. The van der Waals surface area contributed by atoms with E-state index in [1.165, 1.54) is 12.1 Å². The lowest BCUT2D eigenvalue weighted by Gasteiger charge is -2.09. The monoisotopic (exact) mass is 240 g/mol. The number of nitrogens with one attached hydrogen (secondary N) is 1. The van der Waals surface area contributed by atoms with Gasteiger partial charge in [0, 0.05) is 6.54 Å². The largest absolute Gasteiger partial charge is 0.480 e. The molecule has 0 radical (unpaired) electrons. The van der Waals surface area contributed by atoms with Crippen molar-refractivity contribution in [3.63, 3.8) is 0 Å². The molecular weight excluding hydrogens is 223 g/mol. The zero-order chi connectivity index (χ0) is 12.8. The molecule has 0 aliphatic rings. The van der Waals surface area contributed by atoms with Crippen LogP contribution in [0.1, 0.15) is 11.1 Å². The van der Waals surface area contributed by atoms with E-state index in [1.54, 1.807) is 6.07 Å². The fourth-order valence-electron chi connectivity index (χ4n) is 1.51. The molecule has 0 bridgehead atoms. The molecule has 1 atom stereocenters. The number of rotatable bonds is 6. The summed E-state index contributed by atoms with van der Waals surface area (Å²) in [5, 5.41) is 11.5. The lowest BCUT2D eigenvalue weighted by atomic mass is 10.1. The molecule has 0 heterocycles. The van der Waals surface area contributed by atoms with E-state index in [0.29, 0.717) is 6.54 Å². The molecular formula is C12H17FN2O2. The number of halogens is 1. The van der Waals surface area contributed by atoms with Crippen molar-refractivity contribution in [1.29, 1.82) is 0 Å². The van der Waals surface area contributed by atoms with Crippen molar-refractivity contribution in [3.8, 4) is 0 Å². The summed E-state index contributed by atoms with van der Waals surface area (Å²) in [6.07, 6.45) is 0.721. The summed E-state index contributed by atoms with van der Waals surface area (Å²) in [4.78, 5) is 10.4. The molecule has 0 fully saturated rings. The molecule has 94 valence electrons. The van der Waals surface area contributed by atoms with Crippen LogP contribution in [-0.4, -0.2) is 30.2 Å². The van der Waals surface area contributed by atoms with Crippen molar-refractivity contribution in [2.45, 2.75) is 19.4 Å². The second-order valence-electron chi connectivity index (χ2n) is 3.97. The van der Waals surface area contributed by atoms with Crippen molar-refractivity contribution < 1.29 is 14.3 Å². The molecule has 0 aliphatic carbocycles. The highest BCUT2D eigenvalue weighted by Crippen LogP contribution is 2.10. The third kappa shape index (κ3) is 4.50. The fraction of sp³-hybridized carbons (Fsp3) is 0.417. The maximum atomic E-state index is 12.8. The van der Waals surface area contributed by atoms with Crippen molar-refractivity contribution in [2.24, 2.45) is 5.73 Å². The Labute approximate surface area is 99.6 Å². The van der Waals surface area contributed by atoms with E-state index in [9.17, 15) is 9.18 Å². The smallest absolute Gasteiger partial charge is 0.321 e. The number of carbonyl (C=O) groups is 1. The number of nitrogens with two attached hydrogens (primary N) is 1. The highest BCUT2D eigenvalue weighted by molar-refractivity contribution is 5.73. The summed E-state index contributed by atoms with van der Waals surface area (Å²) < 4.78 is 12.8. The van der Waals surface area contributed by atoms with Crippen LogP contribution >= 0.6 is 0 Å². The van der Waals surface area contributed by atoms with E-state index in [0.717, 1.165) is 17.5 Å². The number of carboxylic acid groups (broad SMARTS) is 1. The molecule has 0 spiro atoms. The van der Waals surface area contributed by atoms with Gasteiger partial charge in [-0.05, 0) is 43.1 Å². The zero-order valence-electron chi connectivity index (χ0n) is 9.74. The van der Waals surface area contributed by atoms with Gasteiger partial charge in [-0.1, -0.05) is 6.07 Å². The Morgan fingerprint density at radius 1 is 1.59 bits per heavy atom. The first kappa shape index (κ1) is 13.6. The number of aryl methyl sites for hydroxylation is 1. The summed E-state index contributed by atoms with van der Waals surface area (Å²) in [6, 6.07) is 3.76. The number of benzene rings is 1. The Kier molecular flexibility index (Phi) is 5.06. The van der Waals surface area contributed by atoms with Gasteiger partial charge in [0.1, 0.15) is 11.9 Å². The van der Waals surface area contributed by atoms with Crippen LogP contribution in [0.15, 0.2) is 18.2 Å². The molecule has 1 rings (SSSR count). The topological polar surface area (TPSA) is 75.3 Å². The highest BCUT2D eigenvalue weighted by atomic mass is 19.1. The third-order valence-electron chi connectivity index (χ3n) is 2.56. The fourth-order valence-corrected chi connectivity index (χ4v) is 1.51. The van der Waals surface area contributed by atoms with Gasteiger partial charge in [0.05, 0.1) is 0 Å². The number of hydrogen-bond acceptors (Lipinski definition) is 3. The Balaban J connectivity index is 2.34. The molecule has 1 aromatic carbocycles. The Morgan fingerprint density at radius 2 is 2.29 bits per heavy atom. The van der Waals surface area contributed by atoms with Crippen LogP contribution in [0.25, 0.3) is 0 Å². The van der Waals surface area contributed by atoms with Crippen molar-refractivity contribution in [3.05, 3.63) is 35.1 Å². The van der Waals surface area contributed by atoms with Gasteiger partial charge in [-0.25, -0.2) is 4.39 Å². The highest BCUT2D eigenvalue weighted by Gasteiger charge is 2.09. The van der Waals surface area contributed by atoms with E-state index in [2.05, 4.69) is 5.32 Å². The average Bonchev–Trinajstić information content (AvgIpc) is 2.26. The summed E-state index contributed by atoms with van der Waals surface area (Å²) in [5.41, 5.74) is 7.28. The third-order valence-corrected chi connectivity index (χ3v) is 2.56. The number of carboxylic acids is 1. The molecule has 17 heavy (non-hydrogen) atoms. The minimum Gasteiger partial charge on any atom is -0.480 e. The second-order valence-corrected chi connectivity index (χ2v) is 3.97. The molecule has 4 N–H and O–H groups in total. The lowest BCUT2D eigenvalue weighted by molar-refractivity contribution is -0.138. The SMILES string of the molecule is Cc1cc(F)ccc1CCNCC(N)C(=O)O. The molecule has 0 aliphatic heterocycles. The van der Waals surface area contributed by atoms with Gasteiger partial charge in [-0.15, -0.1) is 0 Å². The standard InChI is InChI=1S/C12H17FN2O2/c1-8-6-10(13)3-2-9(8)4-5-15-7-11(14)12(16)17/h2-3,6,11,15H,4-5,7,14H2,1H3,(H,16,17). The Morgan fingerprint density at radius 3 is 2.88 bits per heavy atom. The van der Waals surface area contributed by atoms with Gasteiger partial charge >= 0.3 is 5.97 Å². The van der Waals surface area contributed by atoms with Gasteiger partial charge in [0.2, 0.25) is 0 Å². The minimum atomic E-state index is -1.02. The number of hydrogen-bond donors (Lipinski definition) is 3. The number of aliphatic carboxylic acids is 1. The first-order valence-corrected chi connectivity index (χ1v) is 5.45. The van der Waals surface area contributed by atoms with Gasteiger partial charge in [-0.2, -0.15) is 0 Å². The molecule has 4 nitrogen and oxygen atoms in total. The summed E-state index contributed by atoms with van der Waals surface area (Å²) in [7, 11) is 0. The van der Waals surface area contributed by atoms with E-state index in [4.69, 9.17) is 10.8 Å². The normalized spacial score (nSPS) is 12.4. The van der Waals surface area contributed by atoms with Crippen LogP contribution in [0.3, 0.4) is 0 Å². The van der Waals surface area contributed by atoms with Gasteiger partial charge < -0.3 is 16.2 Å². The maximum Gasteiger partial charge on any atom is 0.321 e. The van der Waals surface area contributed by atoms with Gasteiger partial charge in [0.15, 0.2) is 0 Å². The minimum absolute atomic E-state index is 0.232. The van der Waals surface area contributed by atoms with Crippen LogP contribution in [0, 0.1) is 12.7 Å². The van der Waals surface area contributed by atoms with E-state index < -0.39 is 12.0 Å². The molecule has 5 heteroatoms. The molecule has 0 amide bonds. The van der Waals surface area contributed by atoms with Crippen LogP contribution in [0.4, 0.5) is 4.39 Å². The van der Waals surface area contributed by atoms with E-state index in [1.807, 2.05) is 6.92 Å². The van der Waals surface area contributed by atoms with Crippen LogP contribution in [-0.2, 0) is 11.2 Å². The van der Waals surface area contributed by atoms with E-state index in [-0.39, 0.29) is 12.4 Å². The second kappa shape index (κ2) is 6.32. The first-order chi connectivity index (χ1) is 8.00. The average molecular weight is 240 g/mol.